The molecule has 0 atom stereocenters. The molecule has 0 radical (unpaired) electrons. The van der Waals surface area contributed by atoms with Gasteiger partial charge < -0.3 is 10.1 Å². The van der Waals surface area contributed by atoms with Crippen LogP contribution in [0, 0.1) is 0 Å². The third-order valence-corrected chi connectivity index (χ3v) is 4.41. The Balaban J connectivity index is 1.54. The van der Waals surface area contributed by atoms with Gasteiger partial charge in [0.15, 0.2) is 0 Å². The van der Waals surface area contributed by atoms with Gasteiger partial charge in [0.2, 0.25) is 5.91 Å². The molecule has 1 N–H and O–H groups in total. The minimum absolute atomic E-state index is 0.0461. The maximum absolute atomic E-state index is 12.1. The topological polar surface area (TPSA) is 38.3 Å². The zero-order valence-electron chi connectivity index (χ0n) is 14.1. The number of amides is 1. The summed E-state index contributed by atoms with van der Waals surface area (Å²) in [4.78, 5) is 12.1. The average Bonchev–Trinajstić information content (AvgIpc) is 2.65. The minimum atomic E-state index is 0.0461. The Labute approximate surface area is 152 Å². The van der Waals surface area contributed by atoms with Crippen molar-refractivity contribution < 1.29 is 9.53 Å². The summed E-state index contributed by atoms with van der Waals surface area (Å²) in [5.74, 6) is 0.889. The first-order chi connectivity index (χ1) is 12.1. The van der Waals surface area contributed by atoms with E-state index in [9.17, 15) is 4.79 Å². The Morgan fingerprint density at radius 2 is 1.64 bits per heavy atom. The molecule has 3 aromatic carbocycles. The Kier molecular flexibility index (Phi) is 5.56. The molecule has 0 aliphatic heterocycles. The maximum Gasteiger partial charge on any atom is 0.220 e. The Morgan fingerprint density at radius 1 is 0.960 bits per heavy atom. The van der Waals surface area contributed by atoms with Crippen molar-refractivity contribution in [1.29, 1.82) is 0 Å². The van der Waals surface area contributed by atoms with Crippen molar-refractivity contribution in [1.82, 2.24) is 5.32 Å². The van der Waals surface area contributed by atoms with Crippen LogP contribution in [0.3, 0.4) is 0 Å². The number of hydrogen-bond donors (Lipinski definition) is 1. The molecule has 0 saturated carbocycles. The molecule has 0 saturated heterocycles. The number of hydrogen-bond acceptors (Lipinski definition) is 2. The minimum Gasteiger partial charge on any atom is -0.497 e. The van der Waals surface area contributed by atoms with Gasteiger partial charge in [0.05, 0.1) is 7.11 Å². The predicted molar refractivity (Wildman–Crippen MR) is 102 cm³/mol. The van der Waals surface area contributed by atoms with Crippen LogP contribution in [-0.4, -0.2) is 13.0 Å². The van der Waals surface area contributed by atoms with E-state index < -0.39 is 0 Å². The average molecular weight is 354 g/mol. The molecule has 0 aromatic heterocycles. The number of benzene rings is 3. The van der Waals surface area contributed by atoms with Crippen molar-refractivity contribution in [2.75, 3.05) is 7.11 Å². The zero-order chi connectivity index (χ0) is 17.6. The van der Waals surface area contributed by atoms with Gasteiger partial charge in [-0.15, -0.1) is 0 Å². The van der Waals surface area contributed by atoms with Crippen molar-refractivity contribution in [3.05, 3.63) is 76.8 Å². The predicted octanol–water partition coefficient (Wildman–Crippen LogP) is 4.75. The number of rotatable bonds is 6. The number of nitrogens with one attached hydrogen (secondary N) is 1. The summed E-state index contributed by atoms with van der Waals surface area (Å²) in [5.41, 5.74) is 2.19. The van der Waals surface area contributed by atoms with Gasteiger partial charge in [0, 0.05) is 18.0 Å². The lowest BCUT2D eigenvalue weighted by Crippen LogP contribution is -2.22. The normalized spacial score (nSPS) is 10.6. The third-order valence-electron chi connectivity index (χ3n) is 4.16. The summed E-state index contributed by atoms with van der Waals surface area (Å²) in [7, 11) is 1.66. The van der Waals surface area contributed by atoms with E-state index in [-0.39, 0.29) is 5.91 Å². The number of ether oxygens (including phenoxy) is 1. The van der Waals surface area contributed by atoms with E-state index in [2.05, 4.69) is 11.4 Å². The summed E-state index contributed by atoms with van der Waals surface area (Å²) in [5, 5.41) is 5.94. The van der Waals surface area contributed by atoms with Gasteiger partial charge >= 0.3 is 0 Å². The van der Waals surface area contributed by atoms with Crippen molar-refractivity contribution in [3.63, 3.8) is 0 Å². The van der Waals surface area contributed by atoms with E-state index in [1.54, 1.807) is 7.11 Å². The molecule has 3 rings (SSSR count). The standard InChI is InChI=1S/C21H20ClNO2/c1-25-20-10-7-17-12-16(2-6-18(17)13-20)14-23-21(24)11-5-15-3-8-19(22)9-4-15/h2-4,6-10,12-13H,5,11,14H2,1H3,(H,23,24). The van der Waals surface area contributed by atoms with Crippen LogP contribution in [0.15, 0.2) is 60.7 Å². The van der Waals surface area contributed by atoms with Crippen molar-refractivity contribution >= 4 is 28.3 Å². The molecule has 3 aromatic rings. The number of fused-ring (bicyclic) bond motifs is 1. The molecule has 128 valence electrons. The van der Waals surface area contributed by atoms with Crippen LogP contribution in [0.5, 0.6) is 5.75 Å². The highest BCUT2D eigenvalue weighted by Gasteiger charge is 2.04. The van der Waals surface area contributed by atoms with Crippen molar-refractivity contribution in [2.24, 2.45) is 0 Å². The quantitative estimate of drug-likeness (QED) is 0.694. The molecule has 3 nitrogen and oxygen atoms in total. The first-order valence-electron chi connectivity index (χ1n) is 8.22. The summed E-state index contributed by atoms with van der Waals surface area (Å²) in [6.45, 7) is 0.529. The molecule has 0 heterocycles. The summed E-state index contributed by atoms with van der Waals surface area (Å²) >= 11 is 5.86. The number of carbonyl (C=O) groups excluding carboxylic acids is 1. The molecule has 0 aliphatic rings. The van der Waals surface area contributed by atoms with Gasteiger partial charge in [-0.1, -0.05) is 41.9 Å². The van der Waals surface area contributed by atoms with Gasteiger partial charge in [0.1, 0.15) is 5.75 Å². The lowest BCUT2D eigenvalue weighted by Gasteiger charge is -2.08. The second-order valence-corrected chi connectivity index (χ2v) is 6.39. The molecular weight excluding hydrogens is 334 g/mol. The van der Waals surface area contributed by atoms with Crippen molar-refractivity contribution in [3.8, 4) is 5.75 Å². The number of carbonyl (C=O) groups is 1. The van der Waals surface area contributed by atoms with Gasteiger partial charge in [-0.25, -0.2) is 0 Å². The highest BCUT2D eigenvalue weighted by molar-refractivity contribution is 6.30. The monoisotopic (exact) mass is 353 g/mol. The fourth-order valence-electron chi connectivity index (χ4n) is 2.71. The molecule has 0 unspecified atom stereocenters. The smallest absolute Gasteiger partial charge is 0.220 e. The van der Waals surface area contributed by atoms with Crippen LogP contribution in [0.1, 0.15) is 17.5 Å². The molecule has 0 bridgehead atoms. The van der Waals surface area contributed by atoms with E-state index in [1.165, 1.54) is 0 Å². The van der Waals surface area contributed by atoms with Gasteiger partial charge in [-0.05, 0) is 58.7 Å². The van der Waals surface area contributed by atoms with E-state index >= 15 is 0 Å². The van der Waals surface area contributed by atoms with Gasteiger partial charge in [-0.2, -0.15) is 0 Å². The Morgan fingerprint density at radius 3 is 2.40 bits per heavy atom. The zero-order valence-corrected chi connectivity index (χ0v) is 14.8. The first-order valence-corrected chi connectivity index (χ1v) is 8.60. The largest absolute Gasteiger partial charge is 0.497 e. The molecule has 1 amide bonds. The van der Waals surface area contributed by atoms with Crippen molar-refractivity contribution in [2.45, 2.75) is 19.4 Å². The second-order valence-electron chi connectivity index (χ2n) is 5.95. The Hall–Kier alpha value is -2.52. The highest BCUT2D eigenvalue weighted by Crippen LogP contribution is 2.21. The molecule has 0 fully saturated rings. The number of aryl methyl sites for hydroxylation is 1. The summed E-state index contributed by atoms with van der Waals surface area (Å²) in [6.07, 6.45) is 1.17. The number of methoxy groups -OCH3 is 1. The molecule has 0 spiro atoms. The summed E-state index contributed by atoms with van der Waals surface area (Å²) in [6, 6.07) is 19.7. The molecule has 0 aliphatic carbocycles. The van der Waals surface area contributed by atoms with Crippen LogP contribution in [0.4, 0.5) is 0 Å². The van der Waals surface area contributed by atoms with E-state index in [0.29, 0.717) is 24.4 Å². The first kappa shape index (κ1) is 17.3. The van der Waals surface area contributed by atoms with Crippen LogP contribution in [0.25, 0.3) is 10.8 Å². The lowest BCUT2D eigenvalue weighted by atomic mass is 10.1. The molecular formula is C21H20ClNO2. The maximum atomic E-state index is 12.1. The number of halogens is 1. The van der Waals surface area contributed by atoms with Crippen LogP contribution < -0.4 is 10.1 Å². The molecule has 25 heavy (non-hydrogen) atoms. The van der Waals surface area contributed by atoms with Gasteiger partial charge in [-0.3, -0.25) is 4.79 Å². The van der Waals surface area contributed by atoms with Crippen LogP contribution >= 0.6 is 11.6 Å². The third kappa shape index (κ3) is 4.74. The van der Waals surface area contributed by atoms with E-state index in [0.717, 1.165) is 27.6 Å². The summed E-state index contributed by atoms with van der Waals surface area (Å²) < 4.78 is 5.24. The van der Waals surface area contributed by atoms with Crippen LogP contribution in [0.2, 0.25) is 5.02 Å². The molecule has 4 heteroatoms. The van der Waals surface area contributed by atoms with Gasteiger partial charge in [0.25, 0.3) is 0 Å². The van der Waals surface area contributed by atoms with Crippen LogP contribution in [-0.2, 0) is 17.8 Å². The second kappa shape index (κ2) is 8.04. The van der Waals surface area contributed by atoms with E-state index in [4.69, 9.17) is 16.3 Å². The van der Waals surface area contributed by atoms with E-state index in [1.807, 2.05) is 54.6 Å². The SMILES string of the molecule is COc1ccc2cc(CNC(=O)CCc3ccc(Cl)cc3)ccc2c1. The fourth-order valence-corrected chi connectivity index (χ4v) is 2.83. The highest BCUT2D eigenvalue weighted by atomic mass is 35.5. The lowest BCUT2D eigenvalue weighted by molar-refractivity contribution is -0.121. The Bertz CT molecular complexity index is 875. The fraction of sp³-hybridized carbons (Fsp3) is 0.190.